The Morgan fingerprint density at radius 3 is 1.06 bits per heavy atom. The van der Waals surface area contributed by atoms with Crippen LogP contribution in [0.5, 0.6) is 0 Å². The van der Waals surface area contributed by atoms with Crippen molar-refractivity contribution in [2.45, 2.75) is 297 Å². The number of unbranched alkanes of at least 4 members (excludes halogenated alkanes) is 35. The SMILES string of the molecule is CCCCCCCCCCC(C=O)CCCCCCCC.CCCCCCCC[CH-]CCCCCCCCCC.COCCCCCCN(CCCCO)CCCCCCO.[Y]. The monoisotopic (exact) mass is 956 g/mol. The molecule has 0 aliphatic heterocycles. The van der Waals surface area contributed by atoms with E-state index in [9.17, 15) is 4.79 Å². The van der Waals surface area contributed by atoms with Crippen molar-refractivity contribution < 1.29 is 52.5 Å². The summed E-state index contributed by atoms with van der Waals surface area (Å²) in [5.74, 6) is 0.344. The molecular weight excluding hydrogens is 840 g/mol. The van der Waals surface area contributed by atoms with Crippen LogP contribution in [0.4, 0.5) is 0 Å². The zero-order valence-corrected chi connectivity index (χ0v) is 46.2. The van der Waals surface area contributed by atoms with Crippen LogP contribution < -0.4 is 0 Å². The Kier molecular flexibility index (Phi) is 76.1. The minimum Gasteiger partial charge on any atom is -0.396 e. The predicted molar refractivity (Wildman–Crippen MR) is 273 cm³/mol. The molecular formula is C56H116NO4Y-. The van der Waals surface area contributed by atoms with Gasteiger partial charge in [0.1, 0.15) is 6.29 Å². The largest absolute Gasteiger partial charge is 0.396 e. The first kappa shape index (κ1) is 69.2. The molecule has 1 atom stereocenters. The number of hydrogen-bond donors (Lipinski definition) is 2. The van der Waals surface area contributed by atoms with Crippen molar-refractivity contribution in [3.05, 3.63) is 6.42 Å². The minimum atomic E-state index is 0. The standard InChI is InChI=1S/C20H40O.C19H39.C17H37NO3.Y/c1-3-5-7-9-11-12-14-16-18-20(19-21)17-15-13-10-8-6-4-2;1-3-5-7-9-11-13-15-17-19-18-16-14-12-10-8-6-4-2;1-21-17-11-5-3-7-13-18(14-8-10-16-20)12-6-2-4-9-15-19;/h19-20H,3-18H2,1-2H3;17H,3-16,18-19H2,1-2H3;19-20H,2-17H2,1H3;/q;-1;;. The molecule has 1 unspecified atom stereocenters. The molecule has 0 aromatic carbocycles. The molecule has 0 aliphatic rings. The first-order valence-corrected chi connectivity index (χ1v) is 27.8. The molecule has 0 heterocycles. The van der Waals surface area contributed by atoms with Gasteiger partial charge in [-0.25, -0.2) is 0 Å². The number of aldehydes is 1. The van der Waals surface area contributed by atoms with E-state index in [1.165, 1.54) is 244 Å². The second kappa shape index (κ2) is 68.2. The van der Waals surface area contributed by atoms with E-state index in [1.54, 1.807) is 7.11 Å². The predicted octanol–water partition coefficient (Wildman–Crippen LogP) is 17.4. The molecule has 0 aromatic rings. The Balaban J connectivity index is -0.000000404. The van der Waals surface area contributed by atoms with Crippen LogP contribution in [0.3, 0.4) is 0 Å². The van der Waals surface area contributed by atoms with Gasteiger partial charge in [0.15, 0.2) is 0 Å². The van der Waals surface area contributed by atoms with E-state index >= 15 is 0 Å². The number of carbonyl (C=O) groups is 1. The fourth-order valence-corrected chi connectivity index (χ4v) is 8.16. The van der Waals surface area contributed by atoms with Crippen LogP contribution in [0, 0.1) is 12.3 Å². The van der Waals surface area contributed by atoms with Gasteiger partial charge in [0.2, 0.25) is 0 Å². The van der Waals surface area contributed by atoms with Gasteiger partial charge in [-0.1, -0.05) is 233 Å². The van der Waals surface area contributed by atoms with Gasteiger partial charge in [-0.05, 0) is 71.0 Å². The summed E-state index contributed by atoms with van der Waals surface area (Å²) in [6, 6.07) is 0. The third-order valence-electron chi connectivity index (χ3n) is 12.4. The maximum atomic E-state index is 11.1. The Bertz CT molecular complexity index is 712. The van der Waals surface area contributed by atoms with Crippen LogP contribution in [-0.4, -0.2) is 68.0 Å². The molecule has 2 N–H and O–H groups in total. The molecule has 62 heavy (non-hydrogen) atoms. The molecule has 0 saturated heterocycles. The average molecular weight is 956 g/mol. The third-order valence-corrected chi connectivity index (χ3v) is 12.4. The van der Waals surface area contributed by atoms with E-state index in [0.29, 0.717) is 19.1 Å². The summed E-state index contributed by atoms with van der Waals surface area (Å²) >= 11 is 0. The molecule has 0 aromatic heterocycles. The van der Waals surface area contributed by atoms with Crippen LogP contribution >= 0.6 is 0 Å². The molecule has 373 valence electrons. The molecule has 0 fully saturated rings. The molecule has 6 heteroatoms. The van der Waals surface area contributed by atoms with Gasteiger partial charge >= 0.3 is 0 Å². The van der Waals surface area contributed by atoms with E-state index in [4.69, 9.17) is 14.9 Å². The molecule has 5 nitrogen and oxygen atoms in total. The van der Waals surface area contributed by atoms with Gasteiger partial charge in [-0.15, -0.1) is 0 Å². The van der Waals surface area contributed by atoms with E-state index in [0.717, 1.165) is 58.2 Å². The van der Waals surface area contributed by atoms with Gasteiger partial charge in [0.05, 0.1) is 0 Å². The van der Waals surface area contributed by atoms with E-state index in [1.807, 2.05) is 0 Å². The Morgan fingerprint density at radius 1 is 0.419 bits per heavy atom. The number of methoxy groups -OCH3 is 1. The van der Waals surface area contributed by atoms with Crippen LogP contribution in [0.1, 0.15) is 297 Å². The number of nitrogens with zero attached hydrogens (tertiary/aromatic N) is 1. The van der Waals surface area contributed by atoms with Gasteiger partial charge in [-0.2, -0.15) is 12.8 Å². The van der Waals surface area contributed by atoms with Gasteiger partial charge in [0, 0.05) is 65.6 Å². The summed E-state index contributed by atoms with van der Waals surface area (Å²) in [5.41, 5.74) is 0. The summed E-state index contributed by atoms with van der Waals surface area (Å²) in [6.45, 7) is 14.1. The zero-order valence-electron chi connectivity index (χ0n) is 43.4. The summed E-state index contributed by atoms with van der Waals surface area (Å²) < 4.78 is 5.07. The Morgan fingerprint density at radius 2 is 0.710 bits per heavy atom. The summed E-state index contributed by atoms with van der Waals surface area (Å²) in [5, 5.41) is 17.7. The number of rotatable bonds is 50. The van der Waals surface area contributed by atoms with Crippen molar-refractivity contribution in [3.63, 3.8) is 0 Å². The van der Waals surface area contributed by atoms with Crippen molar-refractivity contribution in [2.24, 2.45) is 5.92 Å². The molecule has 0 spiro atoms. The number of carbonyl (C=O) groups excluding carboxylic acids is 1. The van der Waals surface area contributed by atoms with Crippen LogP contribution in [0.25, 0.3) is 0 Å². The van der Waals surface area contributed by atoms with Crippen molar-refractivity contribution >= 4 is 6.29 Å². The zero-order chi connectivity index (χ0) is 45.2. The van der Waals surface area contributed by atoms with E-state index in [-0.39, 0.29) is 32.7 Å². The fourth-order valence-electron chi connectivity index (χ4n) is 8.16. The Labute approximate surface area is 417 Å². The second-order valence-corrected chi connectivity index (χ2v) is 18.6. The van der Waals surface area contributed by atoms with Crippen LogP contribution in [0.15, 0.2) is 0 Å². The molecule has 1 radical (unpaired) electrons. The summed E-state index contributed by atoms with van der Waals surface area (Å²) in [4.78, 5) is 13.7. The first-order valence-electron chi connectivity index (χ1n) is 27.8. The smallest absolute Gasteiger partial charge is 0.123 e. The maximum Gasteiger partial charge on any atom is 0.123 e. The average Bonchev–Trinajstić information content (AvgIpc) is 3.27. The maximum absolute atomic E-state index is 11.1. The summed E-state index contributed by atoms with van der Waals surface area (Å²) in [6.07, 6.45) is 59.3. The van der Waals surface area contributed by atoms with Gasteiger partial charge in [0.25, 0.3) is 0 Å². The Hall–Kier alpha value is 0.614. The second-order valence-electron chi connectivity index (χ2n) is 18.6. The normalized spacial score (nSPS) is 11.5. The molecule has 0 bridgehead atoms. The first-order chi connectivity index (χ1) is 30.1. The van der Waals surface area contributed by atoms with E-state index < -0.39 is 0 Å². The fraction of sp³-hybridized carbons (Fsp3) is 0.964. The quantitative estimate of drug-likeness (QED) is 0.0361. The molecule has 0 saturated carbocycles. The number of aliphatic hydroxyl groups is 2. The third kappa shape index (κ3) is 67.2. The minimum absolute atomic E-state index is 0. The van der Waals surface area contributed by atoms with Crippen LogP contribution in [0.2, 0.25) is 0 Å². The number of ether oxygens (including phenoxy) is 1. The van der Waals surface area contributed by atoms with Gasteiger partial charge < -0.3 is 31.1 Å². The van der Waals surface area contributed by atoms with Crippen molar-refractivity contribution in [1.29, 1.82) is 0 Å². The van der Waals surface area contributed by atoms with Gasteiger partial charge in [-0.3, -0.25) is 0 Å². The molecule has 0 aliphatic carbocycles. The van der Waals surface area contributed by atoms with Crippen LogP contribution in [-0.2, 0) is 42.2 Å². The van der Waals surface area contributed by atoms with E-state index in [2.05, 4.69) is 39.0 Å². The molecule has 0 rings (SSSR count). The number of aliphatic hydroxyl groups excluding tert-OH is 2. The van der Waals surface area contributed by atoms with Crippen molar-refractivity contribution in [3.8, 4) is 0 Å². The van der Waals surface area contributed by atoms with Crippen molar-refractivity contribution in [1.82, 2.24) is 4.90 Å². The summed E-state index contributed by atoms with van der Waals surface area (Å²) in [7, 11) is 1.76. The molecule has 0 amide bonds. The topological polar surface area (TPSA) is 70.0 Å². The number of hydrogen-bond acceptors (Lipinski definition) is 5. The van der Waals surface area contributed by atoms with Crippen molar-refractivity contribution in [2.75, 3.05) is 46.6 Å².